The van der Waals surface area contributed by atoms with E-state index in [2.05, 4.69) is 11.9 Å². The van der Waals surface area contributed by atoms with E-state index >= 15 is 0 Å². The minimum absolute atomic E-state index is 0.543. The highest BCUT2D eigenvalue weighted by Gasteiger charge is 2.41. The van der Waals surface area contributed by atoms with Gasteiger partial charge in [-0.1, -0.05) is 5.82 Å². The van der Waals surface area contributed by atoms with Gasteiger partial charge in [0.2, 0.25) is 0 Å². The number of nitrogens with zero attached hydrogens (tertiary/aromatic N) is 1. The fraction of sp³-hybridized carbons (Fsp3) is 1.00. The zero-order chi connectivity index (χ0) is 6.43. The van der Waals surface area contributed by atoms with E-state index < -0.39 is 0 Å². The molecule has 2 saturated heterocycles. The second-order valence-corrected chi connectivity index (χ2v) is 3.55. The SMILES string of the molecule is [B]C1C2CC1CN(C)C2. The average Bonchev–Trinajstić information content (AvgIpc) is 1.87. The summed E-state index contributed by atoms with van der Waals surface area (Å²) in [5.41, 5.74) is 0. The summed E-state index contributed by atoms with van der Waals surface area (Å²) in [6, 6.07) is 0. The van der Waals surface area contributed by atoms with Crippen LogP contribution in [0.1, 0.15) is 6.42 Å². The largest absolute Gasteiger partial charge is 0.306 e. The van der Waals surface area contributed by atoms with Crippen LogP contribution in [0.25, 0.3) is 0 Å². The lowest BCUT2D eigenvalue weighted by Crippen LogP contribution is -2.50. The maximum atomic E-state index is 5.86. The standard InChI is InChI=1S/C7H12BN/c1-9-3-5-2-6(4-9)7(5)8/h5-7H,2-4H2,1H3. The summed E-state index contributed by atoms with van der Waals surface area (Å²) in [5.74, 6) is 2.20. The zero-order valence-electron chi connectivity index (χ0n) is 5.88. The van der Waals surface area contributed by atoms with Crippen molar-refractivity contribution in [2.24, 2.45) is 11.8 Å². The quantitative estimate of drug-likeness (QED) is 0.422. The number of rotatable bonds is 0. The second-order valence-electron chi connectivity index (χ2n) is 3.55. The van der Waals surface area contributed by atoms with E-state index in [-0.39, 0.29) is 0 Å². The van der Waals surface area contributed by atoms with Gasteiger partial charge in [-0.3, -0.25) is 0 Å². The molecule has 2 aliphatic heterocycles. The van der Waals surface area contributed by atoms with Crippen LogP contribution < -0.4 is 0 Å². The third-order valence-corrected chi connectivity index (χ3v) is 2.79. The van der Waals surface area contributed by atoms with Gasteiger partial charge in [0.1, 0.15) is 0 Å². The van der Waals surface area contributed by atoms with Crippen molar-refractivity contribution in [3.8, 4) is 0 Å². The first-order chi connectivity index (χ1) is 4.27. The number of hydrogen-bond donors (Lipinski definition) is 0. The van der Waals surface area contributed by atoms with Crippen LogP contribution in [0.2, 0.25) is 5.82 Å². The minimum atomic E-state index is 0.543. The van der Waals surface area contributed by atoms with Crippen molar-refractivity contribution in [3.63, 3.8) is 0 Å². The number of hydrogen-bond acceptors (Lipinski definition) is 1. The normalized spacial score (nSPS) is 50.6. The van der Waals surface area contributed by atoms with Crippen molar-refractivity contribution < 1.29 is 0 Å². The molecule has 0 aromatic heterocycles. The van der Waals surface area contributed by atoms with Gasteiger partial charge >= 0.3 is 0 Å². The smallest absolute Gasteiger partial charge is 0.0708 e. The molecule has 0 spiro atoms. The molecule has 0 aromatic rings. The Morgan fingerprint density at radius 2 is 1.89 bits per heavy atom. The molecule has 2 heteroatoms. The molecular formula is C7H12BN. The van der Waals surface area contributed by atoms with E-state index in [4.69, 9.17) is 7.85 Å². The van der Waals surface area contributed by atoms with E-state index in [1.807, 2.05) is 0 Å². The minimum Gasteiger partial charge on any atom is -0.306 e. The number of fused-ring (bicyclic) bond motifs is 2. The first kappa shape index (κ1) is 5.78. The van der Waals surface area contributed by atoms with Crippen LogP contribution >= 0.6 is 0 Å². The van der Waals surface area contributed by atoms with Crippen LogP contribution in [0.3, 0.4) is 0 Å². The lowest BCUT2D eigenvalue weighted by Gasteiger charge is -2.52. The molecule has 2 bridgehead atoms. The van der Waals surface area contributed by atoms with Gasteiger partial charge < -0.3 is 4.90 Å². The molecule has 2 radical (unpaired) electrons. The van der Waals surface area contributed by atoms with Crippen LogP contribution in [0.15, 0.2) is 0 Å². The van der Waals surface area contributed by atoms with Gasteiger partial charge in [0, 0.05) is 13.1 Å². The highest BCUT2D eigenvalue weighted by molar-refractivity contribution is 6.12. The predicted octanol–water partition coefficient (Wildman–Crippen LogP) is 0.525. The van der Waals surface area contributed by atoms with Crippen LogP contribution in [-0.2, 0) is 0 Å². The first-order valence-corrected chi connectivity index (χ1v) is 3.71. The average molecular weight is 121 g/mol. The summed E-state index contributed by atoms with van der Waals surface area (Å²) >= 11 is 0. The third-order valence-electron chi connectivity index (χ3n) is 2.79. The maximum absolute atomic E-state index is 5.86. The Bertz CT molecular complexity index is 114. The Hall–Kier alpha value is 0.0249. The van der Waals surface area contributed by atoms with Gasteiger partial charge in [-0.25, -0.2) is 0 Å². The van der Waals surface area contributed by atoms with Gasteiger partial charge in [-0.2, -0.15) is 0 Å². The van der Waals surface area contributed by atoms with Gasteiger partial charge in [0.15, 0.2) is 0 Å². The van der Waals surface area contributed by atoms with Crippen LogP contribution in [0.5, 0.6) is 0 Å². The molecule has 0 N–H and O–H groups in total. The van der Waals surface area contributed by atoms with Crippen molar-refractivity contribution >= 4 is 7.85 Å². The van der Waals surface area contributed by atoms with E-state index in [1.165, 1.54) is 19.5 Å². The second kappa shape index (κ2) is 1.75. The van der Waals surface area contributed by atoms with Crippen molar-refractivity contribution in [2.75, 3.05) is 20.1 Å². The first-order valence-electron chi connectivity index (χ1n) is 3.71. The molecule has 3 fully saturated rings. The van der Waals surface area contributed by atoms with Gasteiger partial charge in [-0.15, -0.1) is 0 Å². The monoisotopic (exact) mass is 121 g/mol. The van der Waals surface area contributed by atoms with E-state index in [9.17, 15) is 0 Å². The molecular weight excluding hydrogens is 109 g/mol. The van der Waals surface area contributed by atoms with E-state index in [0.717, 1.165) is 11.8 Å². The van der Waals surface area contributed by atoms with Crippen molar-refractivity contribution in [2.45, 2.75) is 12.2 Å². The molecule has 3 rings (SSSR count). The molecule has 0 aromatic carbocycles. The summed E-state index contributed by atoms with van der Waals surface area (Å²) < 4.78 is 0. The summed E-state index contributed by atoms with van der Waals surface area (Å²) in [6.07, 6.45) is 1.39. The molecule has 2 unspecified atom stereocenters. The summed E-state index contributed by atoms with van der Waals surface area (Å²) in [5, 5.41) is 0. The third kappa shape index (κ3) is 0.726. The zero-order valence-corrected chi connectivity index (χ0v) is 5.88. The Morgan fingerprint density at radius 1 is 1.33 bits per heavy atom. The van der Waals surface area contributed by atoms with Crippen molar-refractivity contribution in [3.05, 3.63) is 0 Å². The predicted molar refractivity (Wildman–Crippen MR) is 38.6 cm³/mol. The van der Waals surface area contributed by atoms with Gasteiger partial charge in [0.25, 0.3) is 0 Å². The van der Waals surface area contributed by atoms with Crippen LogP contribution in [0, 0.1) is 11.8 Å². The Kier molecular flexibility index (Phi) is 1.13. The summed E-state index contributed by atoms with van der Waals surface area (Å²) in [4.78, 5) is 2.39. The fourth-order valence-electron chi connectivity index (χ4n) is 2.16. The van der Waals surface area contributed by atoms with Crippen molar-refractivity contribution in [1.82, 2.24) is 4.90 Å². The fourth-order valence-corrected chi connectivity index (χ4v) is 2.16. The Morgan fingerprint density at radius 3 is 2.22 bits per heavy atom. The summed E-state index contributed by atoms with van der Waals surface area (Å²) in [6.45, 7) is 2.47. The highest BCUT2D eigenvalue weighted by atomic mass is 15.1. The molecule has 1 aliphatic carbocycles. The molecule has 3 aliphatic rings. The molecule has 1 saturated carbocycles. The molecule has 2 atom stereocenters. The van der Waals surface area contributed by atoms with Crippen LogP contribution in [0.4, 0.5) is 0 Å². The van der Waals surface area contributed by atoms with Crippen molar-refractivity contribution in [1.29, 1.82) is 0 Å². The van der Waals surface area contributed by atoms with E-state index in [0.29, 0.717) is 5.82 Å². The molecule has 9 heavy (non-hydrogen) atoms. The van der Waals surface area contributed by atoms with E-state index in [1.54, 1.807) is 0 Å². The van der Waals surface area contributed by atoms with Crippen LogP contribution in [-0.4, -0.2) is 32.9 Å². The maximum Gasteiger partial charge on any atom is 0.0708 e. The molecule has 48 valence electrons. The van der Waals surface area contributed by atoms with Gasteiger partial charge in [-0.05, 0) is 25.3 Å². The Balaban J connectivity index is 2.01. The molecule has 2 heterocycles. The lowest BCUT2D eigenvalue weighted by molar-refractivity contribution is 0.0460. The topological polar surface area (TPSA) is 3.24 Å². The Labute approximate surface area is 57.8 Å². The van der Waals surface area contributed by atoms with Gasteiger partial charge in [0.05, 0.1) is 7.85 Å². The number of piperidine rings is 2. The lowest BCUT2D eigenvalue weighted by atomic mass is 9.53. The molecule has 1 nitrogen and oxygen atoms in total. The molecule has 0 amide bonds. The summed E-state index contributed by atoms with van der Waals surface area (Å²) in [7, 11) is 8.05. The highest BCUT2D eigenvalue weighted by Crippen LogP contribution is 2.47.